The molecule has 1 heterocycles. The molecule has 0 radical (unpaired) electrons. The van der Waals surface area contributed by atoms with Gasteiger partial charge >= 0.3 is 0 Å². The Bertz CT molecular complexity index is 761. The number of amides is 1. The van der Waals surface area contributed by atoms with E-state index in [-0.39, 0.29) is 18.2 Å². The van der Waals surface area contributed by atoms with Crippen LogP contribution in [0.1, 0.15) is 5.56 Å². The van der Waals surface area contributed by atoms with E-state index < -0.39 is 4.92 Å². The molecule has 0 saturated carbocycles. The van der Waals surface area contributed by atoms with Crippen LogP contribution in [0, 0.1) is 10.1 Å². The summed E-state index contributed by atoms with van der Waals surface area (Å²) < 4.78 is 5.44. The summed E-state index contributed by atoms with van der Waals surface area (Å²) in [6, 6.07) is 11.3. The lowest BCUT2D eigenvalue weighted by atomic mass is 10.1. The zero-order valence-corrected chi connectivity index (χ0v) is 12.8. The van der Waals surface area contributed by atoms with Gasteiger partial charge in [-0.15, -0.1) is 0 Å². The number of hydrogen-bond acceptors (Lipinski definition) is 4. The van der Waals surface area contributed by atoms with Crippen molar-refractivity contribution in [3.63, 3.8) is 0 Å². The third kappa shape index (κ3) is 3.27. The van der Waals surface area contributed by atoms with Crippen molar-refractivity contribution >= 4 is 28.9 Å². The van der Waals surface area contributed by atoms with E-state index in [1.54, 1.807) is 30.3 Å². The monoisotopic (exact) mass is 332 g/mol. The van der Waals surface area contributed by atoms with Crippen LogP contribution in [0.5, 0.6) is 5.75 Å². The second-order valence-electron chi connectivity index (χ2n) is 5.11. The van der Waals surface area contributed by atoms with Crippen molar-refractivity contribution in [3.8, 4) is 5.75 Å². The molecule has 0 spiro atoms. The van der Waals surface area contributed by atoms with Gasteiger partial charge in [0, 0.05) is 23.7 Å². The maximum absolute atomic E-state index is 12.3. The fraction of sp³-hybridized carbons (Fsp3) is 0.188. The number of anilines is 1. The van der Waals surface area contributed by atoms with Gasteiger partial charge in [-0.3, -0.25) is 14.9 Å². The Kier molecular flexibility index (Phi) is 4.16. The Hall–Kier alpha value is -2.60. The Morgan fingerprint density at radius 2 is 2.00 bits per heavy atom. The van der Waals surface area contributed by atoms with Crippen LogP contribution in [0.25, 0.3) is 0 Å². The Morgan fingerprint density at radius 3 is 2.70 bits per heavy atom. The van der Waals surface area contributed by atoms with Crippen LogP contribution in [0.3, 0.4) is 0 Å². The van der Waals surface area contributed by atoms with Gasteiger partial charge in [-0.05, 0) is 36.2 Å². The number of ether oxygens (including phenoxy) is 1. The SMILES string of the molecule is O=C(COc1ccc(Cl)cc1)N1CCc2ccc([N+](=O)[O-])cc21. The molecule has 7 heteroatoms. The van der Waals surface area contributed by atoms with Gasteiger partial charge < -0.3 is 9.64 Å². The highest BCUT2D eigenvalue weighted by molar-refractivity contribution is 6.30. The maximum atomic E-state index is 12.3. The molecule has 0 unspecified atom stereocenters. The van der Waals surface area contributed by atoms with Crippen LogP contribution >= 0.6 is 11.6 Å². The molecule has 0 fully saturated rings. The first-order valence-corrected chi connectivity index (χ1v) is 7.38. The van der Waals surface area contributed by atoms with Crippen LogP contribution in [0.4, 0.5) is 11.4 Å². The average Bonchev–Trinajstić information content (AvgIpc) is 2.97. The van der Waals surface area contributed by atoms with E-state index >= 15 is 0 Å². The molecule has 0 N–H and O–H groups in total. The summed E-state index contributed by atoms with van der Waals surface area (Å²) in [5.74, 6) is 0.306. The number of nitro benzene ring substituents is 1. The predicted octanol–water partition coefficient (Wildman–Crippen LogP) is 3.22. The number of benzene rings is 2. The average molecular weight is 333 g/mol. The van der Waals surface area contributed by atoms with Crippen molar-refractivity contribution < 1.29 is 14.5 Å². The number of carbonyl (C=O) groups excluding carboxylic acids is 1. The highest BCUT2D eigenvalue weighted by Crippen LogP contribution is 2.31. The second-order valence-corrected chi connectivity index (χ2v) is 5.54. The first-order chi connectivity index (χ1) is 11.0. The number of non-ortho nitro benzene ring substituents is 1. The minimum absolute atomic E-state index is 0.0259. The standard InChI is InChI=1S/C16H13ClN2O4/c17-12-2-5-14(6-3-12)23-10-16(20)18-8-7-11-1-4-13(19(21)22)9-15(11)18/h1-6,9H,7-8,10H2. The molecule has 0 saturated heterocycles. The first-order valence-electron chi connectivity index (χ1n) is 7.00. The number of halogens is 1. The van der Waals surface area contributed by atoms with Gasteiger partial charge in [0.1, 0.15) is 5.75 Å². The summed E-state index contributed by atoms with van der Waals surface area (Å²) in [7, 11) is 0. The molecule has 2 aromatic rings. The van der Waals surface area contributed by atoms with Crippen molar-refractivity contribution in [2.75, 3.05) is 18.1 Å². The normalized spacial score (nSPS) is 12.8. The first kappa shape index (κ1) is 15.3. The van der Waals surface area contributed by atoms with Gasteiger partial charge in [0.2, 0.25) is 0 Å². The van der Waals surface area contributed by atoms with E-state index in [2.05, 4.69) is 0 Å². The Morgan fingerprint density at radius 1 is 1.26 bits per heavy atom. The molecule has 23 heavy (non-hydrogen) atoms. The Balaban J connectivity index is 1.71. The van der Waals surface area contributed by atoms with Crippen LogP contribution in [0.15, 0.2) is 42.5 Å². The number of nitrogens with zero attached hydrogens (tertiary/aromatic N) is 2. The molecule has 2 aromatic carbocycles. The fourth-order valence-electron chi connectivity index (χ4n) is 2.49. The molecular formula is C16H13ClN2O4. The third-order valence-corrected chi connectivity index (χ3v) is 3.90. The van der Waals surface area contributed by atoms with Crippen molar-refractivity contribution in [2.24, 2.45) is 0 Å². The van der Waals surface area contributed by atoms with Crippen molar-refractivity contribution in [1.82, 2.24) is 0 Å². The summed E-state index contributed by atoms with van der Waals surface area (Å²) in [5.41, 5.74) is 1.49. The van der Waals surface area contributed by atoms with Gasteiger partial charge in [-0.2, -0.15) is 0 Å². The van der Waals surface area contributed by atoms with E-state index in [4.69, 9.17) is 16.3 Å². The Labute approximate surface area is 137 Å². The molecule has 1 amide bonds. The van der Waals surface area contributed by atoms with E-state index in [0.29, 0.717) is 29.4 Å². The van der Waals surface area contributed by atoms with E-state index in [0.717, 1.165) is 5.56 Å². The lowest BCUT2D eigenvalue weighted by Gasteiger charge is -2.17. The van der Waals surface area contributed by atoms with E-state index in [1.807, 2.05) is 0 Å². The van der Waals surface area contributed by atoms with Crippen LogP contribution in [-0.2, 0) is 11.2 Å². The van der Waals surface area contributed by atoms with Crippen LogP contribution < -0.4 is 9.64 Å². The zero-order valence-electron chi connectivity index (χ0n) is 12.1. The number of rotatable bonds is 4. The summed E-state index contributed by atoms with van der Waals surface area (Å²) in [6.45, 7) is 0.364. The minimum atomic E-state index is -0.467. The zero-order chi connectivity index (χ0) is 16.4. The lowest BCUT2D eigenvalue weighted by Crippen LogP contribution is -2.33. The summed E-state index contributed by atoms with van der Waals surface area (Å²) in [6.07, 6.45) is 0.681. The summed E-state index contributed by atoms with van der Waals surface area (Å²) in [5, 5.41) is 11.5. The second kappa shape index (κ2) is 6.26. The highest BCUT2D eigenvalue weighted by Gasteiger charge is 2.26. The van der Waals surface area contributed by atoms with E-state index in [1.165, 1.54) is 17.0 Å². The van der Waals surface area contributed by atoms with Gasteiger partial charge in [0.05, 0.1) is 10.6 Å². The predicted molar refractivity (Wildman–Crippen MR) is 86.1 cm³/mol. The molecule has 0 aromatic heterocycles. The highest BCUT2D eigenvalue weighted by atomic mass is 35.5. The van der Waals surface area contributed by atoms with Gasteiger partial charge in [0.25, 0.3) is 11.6 Å². The molecule has 0 bridgehead atoms. The van der Waals surface area contributed by atoms with Crippen LogP contribution in [-0.4, -0.2) is 24.0 Å². The number of carbonyl (C=O) groups is 1. The maximum Gasteiger partial charge on any atom is 0.271 e. The number of nitro groups is 1. The minimum Gasteiger partial charge on any atom is -0.484 e. The van der Waals surface area contributed by atoms with Crippen molar-refractivity contribution in [3.05, 3.63) is 63.2 Å². The van der Waals surface area contributed by atoms with Crippen LogP contribution in [0.2, 0.25) is 5.02 Å². The van der Waals surface area contributed by atoms with Gasteiger partial charge in [-0.1, -0.05) is 17.7 Å². The largest absolute Gasteiger partial charge is 0.484 e. The smallest absolute Gasteiger partial charge is 0.271 e. The molecular weight excluding hydrogens is 320 g/mol. The molecule has 6 nitrogen and oxygen atoms in total. The molecule has 3 rings (SSSR count). The topological polar surface area (TPSA) is 72.7 Å². The lowest BCUT2D eigenvalue weighted by molar-refractivity contribution is -0.384. The number of hydrogen-bond donors (Lipinski definition) is 0. The summed E-state index contributed by atoms with van der Waals surface area (Å²) >= 11 is 5.79. The molecule has 0 aliphatic carbocycles. The molecule has 0 atom stereocenters. The van der Waals surface area contributed by atoms with Crippen molar-refractivity contribution in [1.29, 1.82) is 0 Å². The quantitative estimate of drug-likeness (QED) is 0.636. The summed E-state index contributed by atoms with van der Waals surface area (Å²) in [4.78, 5) is 24.3. The molecule has 1 aliphatic heterocycles. The molecule has 118 valence electrons. The third-order valence-electron chi connectivity index (χ3n) is 3.65. The number of fused-ring (bicyclic) bond motifs is 1. The molecule has 1 aliphatic rings. The fourth-order valence-corrected chi connectivity index (χ4v) is 2.62. The van der Waals surface area contributed by atoms with Gasteiger partial charge in [-0.25, -0.2) is 0 Å². The van der Waals surface area contributed by atoms with E-state index in [9.17, 15) is 14.9 Å². The van der Waals surface area contributed by atoms with Gasteiger partial charge in [0.15, 0.2) is 6.61 Å². The van der Waals surface area contributed by atoms with Crippen molar-refractivity contribution in [2.45, 2.75) is 6.42 Å².